The van der Waals surface area contributed by atoms with E-state index in [1.807, 2.05) is 6.92 Å². The molecule has 0 aromatic heterocycles. The van der Waals surface area contributed by atoms with Gasteiger partial charge in [0.15, 0.2) is 11.5 Å². The summed E-state index contributed by atoms with van der Waals surface area (Å²) in [6.45, 7) is 2.91. The van der Waals surface area contributed by atoms with Crippen LogP contribution in [0.3, 0.4) is 0 Å². The molecule has 0 heterocycles. The topological polar surface area (TPSA) is 60.3 Å². The van der Waals surface area contributed by atoms with Crippen molar-refractivity contribution in [3.05, 3.63) is 52.3 Å². The quantitative estimate of drug-likeness (QED) is 0.313. The van der Waals surface area contributed by atoms with Crippen LogP contribution in [0.4, 0.5) is 4.39 Å². The number of ether oxygens (including phenoxy) is 3. The molecule has 0 aliphatic carbocycles. The zero-order valence-electron chi connectivity index (χ0n) is 13.0. The highest BCUT2D eigenvalue weighted by atomic mass is 79.9. The Morgan fingerprint density at radius 1 is 1.12 bits per heavy atom. The molecule has 2 aromatic rings. The number of benzene rings is 2. The molecule has 0 spiro atoms. The molecule has 2 aromatic carbocycles. The maximum absolute atomic E-state index is 12.8. The van der Waals surface area contributed by atoms with Crippen molar-refractivity contribution in [2.45, 2.75) is 6.92 Å². The smallest absolute Gasteiger partial charge is 0.175 e. The van der Waals surface area contributed by atoms with Gasteiger partial charge in [0, 0.05) is 5.56 Å². The predicted octanol–water partition coefficient (Wildman–Crippen LogP) is 4.25. The van der Waals surface area contributed by atoms with Crippen LogP contribution in [0.1, 0.15) is 12.5 Å². The zero-order chi connectivity index (χ0) is 17.4. The van der Waals surface area contributed by atoms with Crippen molar-refractivity contribution < 1.29 is 23.8 Å². The van der Waals surface area contributed by atoms with Gasteiger partial charge in [-0.3, -0.25) is 0 Å². The second-order valence-electron chi connectivity index (χ2n) is 4.66. The van der Waals surface area contributed by atoms with Crippen LogP contribution in [0.15, 0.2) is 46.0 Å². The molecule has 0 bridgehead atoms. The normalized spacial score (nSPS) is 10.8. The van der Waals surface area contributed by atoms with E-state index in [2.05, 4.69) is 21.1 Å². The van der Waals surface area contributed by atoms with Crippen LogP contribution in [0.5, 0.6) is 17.2 Å². The summed E-state index contributed by atoms with van der Waals surface area (Å²) in [5.41, 5.74) is 0.669. The first-order chi connectivity index (χ1) is 11.6. The van der Waals surface area contributed by atoms with Gasteiger partial charge in [-0.1, -0.05) is 5.16 Å². The zero-order valence-corrected chi connectivity index (χ0v) is 14.6. The van der Waals surface area contributed by atoms with Crippen LogP contribution in [0.25, 0.3) is 0 Å². The minimum absolute atomic E-state index is 0.281. The van der Waals surface area contributed by atoms with E-state index in [0.717, 1.165) is 0 Å². The van der Waals surface area contributed by atoms with E-state index in [9.17, 15) is 4.39 Å². The minimum Gasteiger partial charge on any atom is -0.490 e. The maximum atomic E-state index is 12.8. The number of rotatable bonds is 8. The van der Waals surface area contributed by atoms with Crippen LogP contribution in [-0.2, 0) is 0 Å². The highest BCUT2D eigenvalue weighted by Crippen LogP contribution is 2.36. The van der Waals surface area contributed by atoms with Gasteiger partial charge in [-0.2, -0.15) is 0 Å². The Labute approximate surface area is 147 Å². The average molecular weight is 398 g/mol. The molecular formula is C17H17BrFNO4. The molecule has 0 fully saturated rings. The van der Waals surface area contributed by atoms with Crippen molar-refractivity contribution in [2.24, 2.45) is 5.16 Å². The first-order valence-corrected chi connectivity index (χ1v) is 8.08. The molecule has 0 saturated heterocycles. The number of hydrogen-bond acceptors (Lipinski definition) is 5. The Bertz CT molecular complexity index is 692. The highest BCUT2D eigenvalue weighted by molar-refractivity contribution is 9.10. The highest BCUT2D eigenvalue weighted by Gasteiger charge is 2.12. The molecule has 5 nitrogen and oxygen atoms in total. The standard InChI is InChI=1S/C17H17BrFNO4/c1-2-22-16-10-12(11-20-21)9-15(18)17(16)24-8-7-23-14-5-3-13(19)4-6-14/h3-6,9-11,21H,2,7-8H2,1H3. The third-order valence-electron chi connectivity index (χ3n) is 2.95. The van der Waals surface area contributed by atoms with Crippen molar-refractivity contribution in [2.75, 3.05) is 19.8 Å². The minimum atomic E-state index is -0.310. The summed E-state index contributed by atoms with van der Waals surface area (Å²) in [6.07, 6.45) is 1.30. The number of hydrogen-bond donors (Lipinski definition) is 1. The molecule has 24 heavy (non-hydrogen) atoms. The van der Waals surface area contributed by atoms with Gasteiger partial charge in [-0.05, 0) is 59.3 Å². The Hall–Kier alpha value is -2.28. The lowest BCUT2D eigenvalue weighted by Gasteiger charge is -2.15. The Morgan fingerprint density at radius 3 is 2.50 bits per heavy atom. The average Bonchev–Trinajstić information content (AvgIpc) is 2.55. The summed E-state index contributed by atoms with van der Waals surface area (Å²) < 4.78 is 30.2. The Balaban J connectivity index is 1.99. The molecule has 7 heteroatoms. The van der Waals surface area contributed by atoms with Crippen molar-refractivity contribution in [3.8, 4) is 17.2 Å². The van der Waals surface area contributed by atoms with E-state index in [0.29, 0.717) is 40.5 Å². The fourth-order valence-electron chi connectivity index (χ4n) is 1.97. The van der Waals surface area contributed by atoms with Crippen LogP contribution in [0, 0.1) is 5.82 Å². The predicted molar refractivity (Wildman–Crippen MR) is 92.1 cm³/mol. The summed E-state index contributed by atoms with van der Waals surface area (Å²) in [5, 5.41) is 11.6. The molecule has 1 N–H and O–H groups in total. The molecule has 2 rings (SSSR count). The number of nitrogens with zero attached hydrogens (tertiary/aromatic N) is 1. The van der Waals surface area contributed by atoms with Crippen LogP contribution in [0.2, 0.25) is 0 Å². The first kappa shape index (κ1) is 18.1. The van der Waals surface area contributed by atoms with Crippen LogP contribution >= 0.6 is 15.9 Å². The molecule has 0 saturated carbocycles. The van der Waals surface area contributed by atoms with Gasteiger partial charge < -0.3 is 19.4 Å². The summed E-state index contributed by atoms with van der Waals surface area (Å²) in [5.74, 6) is 1.33. The SMILES string of the molecule is CCOc1cc(C=NO)cc(Br)c1OCCOc1ccc(F)cc1. The van der Waals surface area contributed by atoms with Crippen molar-refractivity contribution in [1.82, 2.24) is 0 Å². The van der Waals surface area contributed by atoms with Crippen LogP contribution in [-0.4, -0.2) is 31.2 Å². The first-order valence-electron chi connectivity index (χ1n) is 7.29. The monoisotopic (exact) mass is 397 g/mol. The second-order valence-corrected chi connectivity index (χ2v) is 5.51. The van der Waals surface area contributed by atoms with Crippen molar-refractivity contribution in [3.63, 3.8) is 0 Å². The van der Waals surface area contributed by atoms with Gasteiger partial charge in [0.05, 0.1) is 17.3 Å². The molecule has 0 amide bonds. The van der Waals surface area contributed by atoms with Crippen molar-refractivity contribution in [1.29, 1.82) is 0 Å². The van der Waals surface area contributed by atoms with E-state index in [4.69, 9.17) is 19.4 Å². The molecular weight excluding hydrogens is 381 g/mol. The van der Waals surface area contributed by atoms with Gasteiger partial charge in [0.2, 0.25) is 0 Å². The summed E-state index contributed by atoms with van der Waals surface area (Å²) >= 11 is 3.41. The lowest BCUT2D eigenvalue weighted by Crippen LogP contribution is -2.10. The van der Waals surface area contributed by atoms with Gasteiger partial charge in [0.25, 0.3) is 0 Å². The van der Waals surface area contributed by atoms with E-state index < -0.39 is 0 Å². The lowest BCUT2D eigenvalue weighted by molar-refractivity contribution is 0.207. The molecule has 0 aliphatic heterocycles. The summed E-state index contributed by atoms with van der Waals surface area (Å²) in [4.78, 5) is 0. The van der Waals surface area contributed by atoms with Gasteiger partial charge >= 0.3 is 0 Å². The lowest BCUT2D eigenvalue weighted by atomic mass is 10.2. The largest absolute Gasteiger partial charge is 0.490 e. The fourth-order valence-corrected chi connectivity index (χ4v) is 2.54. The summed E-state index contributed by atoms with van der Waals surface area (Å²) in [7, 11) is 0. The van der Waals surface area contributed by atoms with Crippen LogP contribution < -0.4 is 14.2 Å². The van der Waals surface area contributed by atoms with E-state index in [-0.39, 0.29) is 12.4 Å². The van der Waals surface area contributed by atoms with E-state index in [1.54, 1.807) is 24.3 Å². The second kappa shape index (κ2) is 9.12. The molecule has 0 unspecified atom stereocenters. The fraction of sp³-hybridized carbons (Fsp3) is 0.235. The molecule has 0 radical (unpaired) electrons. The third-order valence-corrected chi connectivity index (χ3v) is 3.54. The summed E-state index contributed by atoms with van der Waals surface area (Å²) in [6, 6.07) is 9.24. The Morgan fingerprint density at radius 2 is 1.83 bits per heavy atom. The Kier molecular flexibility index (Phi) is 6.87. The van der Waals surface area contributed by atoms with E-state index >= 15 is 0 Å². The third kappa shape index (κ3) is 5.13. The number of halogens is 2. The van der Waals surface area contributed by atoms with Gasteiger partial charge in [-0.25, -0.2) is 4.39 Å². The maximum Gasteiger partial charge on any atom is 0.175 e. The molecule has 128 valence electrons. The molecule has 0 atom stereocenters. The molecule has 0 aliphatic rings. The number of oxime groups is 1. The van der Waals surface area contributed by atoms with Gasteiger partial charge in [-0.15, -0.1) is 0 Å². The van der Waals surface area contributed by atoms with E-state index in [1.165, 1.54) is 18.3 Å². The van der Waals surface area contributed by atoms with Gasteiger partial charge in [0.1, 0.15) is 24.8 Å². The van der Waals surface area contributed by atoms with Crippen molar-refractivity contribution >= 4 is 22.1 Å².